The van der Waals surface area contributed by atoms with Crippen molar-refractivity contribution in [2.24, 2.45) is 11.8 Å². The van der Waals surface area contributed by atoms with Crippen molar-refractivity contribution in [2.75, 3.05) is 17.1 Å². The molecular formula is C21H21ClN2O6S. The highest BCUT2D eigenvalue weighted by molar-refractivity contribution is 7.92. The monoisotopic (exact) mass is 464 g/mol. The summed E-state index contributed by atoms with van der Waals surface area (Å²) in [6.07, 6.45) is 4.02. The first-order chi connectivity index (χ1) is 14.7. The molecular weight excluding hydrogens is 444 g/mol. The number of sulfonamides is 1. The van der Waals surface area contributed by atoms with Gasteiger partial charge in [-0.25, -0.2) is 8.42 Å². The summed E-state index contributed by atoms with van der Waals surface area (Å²) >= 11 is 6.03. The molecule has 1 amide bonds. The van der Waals surface area contributed by atoms with Crippen molar-refractivity contribution in [3.05, 3.63) is 59.6 Å². The second-order valence-electron chi connectivity index (χ2n) is 6.93. The van der Waals surface area contributed by atoms with Gasteiger partial charge in [-0.2, -0.15) is 0 Å². The molecule has 3 rings (SSSR count). The summed E-state index contributed by atoms with van der Waals surface area (Å²) in [7, 11) is -2.64. The van der Waals surface area contributed by atoms with E-state index >= 15 is 0 Å². The lowest BCUT2D eigenvalue weighted by atomic mass is 9.82. The minimum atomic E-state index is -4.01. The lowest BCUT2D eigenvalue weighted by molar-refractivity contribution is -0.146. The molecule has 2 atom stereocenters. The number of aliphatic carboxylic acids is 1. The second kappa shape index (κ2) is 9.40. The number of hydrogen-bond acceptors (Lipinski definition) is 5. The van der Waals surface area contributed by atoms with Crippen LogP contribution in [0.2, 0.25) is 5.02 Å². The number of ether oxygens (including phenoxy) is 1. The molecule has 0 radical (unpaired) electrons. The summed E-state index contributed by atoms with van der Waals surface area (Å²) in [6, 6.07) is 10.4. The lowest BCUT2D eigenvalue weighted by Gasteiger charge is -2.24. The van der Waals surface area contributed by atoms with Gasteiger partial charge in [0.25, 0.3) is 10.0 Å². The Bertz CT molecular complexity index is 1130. The zero-order valence-corrected chi connectivity index (χ0v) is 18.1. The fourth-order valence-electron chi connectivity index (χ4n) is 3.30. The molecule has 8 nitrogen and oxygen atoms in total. The number of hydrogen-bond donors (Lipinski definition) is 3. The molecule has 2 unspecified atom stereocenters. The molecule has 3 N–H and O–H groups in total. The number of para-hydroxylation sites is 1. The van der Waals surface area contributed by atoms with E-state index in [0.29, 0.717) is 0 Å². The number of methoxy groups -OCH3 is 1. The highest BCUT2D eigenvalue weighted by Gasteiger charge is 2.34. The van der Waals surface area contributed by atoms with Gasteiger partial charge in [0.05, 0.1) is 40.2 Å². The van der Waals surface area contributed by atoms with Crippen LogP contribution in [0.25, 0.3) is 0 Å². The predicted octanol–water partition coefficient (Wildman–Crippen LogP) is 3.75. The van der Waals surface area contributed by atoms with E-state index in [-0.39, 0.29) is 39.9 Å². The number of rotatable bonds is 7. The Morgan fingerprint density at radius 1 is 1.06 bits per heavy atom. The number of carboxylic acid groups (broad SMARTS) is 1. The van der Waals surface area contributed by atoms with Crippen molar-refractivity contribution in [2.45, 2.75) is 17.7 Å². The summed E-state index contributed by atoms with van der Waals surface area (Å²) in [5.41, 5.74) is 0.331. The number of allylic oxidation sites excluding steroid dienone is 2. The van der Waals surface area contributed by atoms with Crippen molar-refractivity contribution >= 4 is 44.9 Å². The van der Waals surface area contributed by atoms with Crippen LogP contribution in [0.5, 0.6) is 5.75 Å². The number of benzene rings is 2. The highest BCUT2D eigenvalue weighted by atomic mass is 35.5. The molecule has 2 aromatic carbocycles. The van der Waals surface area contributed by atoms with Gasteiger partial charge in [0.2, 0.25) is 5.91 Å². The zero-order valence-electron chi connectivity index (χ0n) is 16.5. The molecule has 0 spiro atoms. The first-order valence-corrected chi connectivity index (χ1v) is 11.2. The number of carboxylic acids is 1. The molecule has 2 aromatic rings. The Labute approximate surface area is 184 Å². The molecule has 1 aliphatic carbocycles. The predicted molar refractivity (Wildman–Crippen MR) is 117 cm³/mol. The van der Waals surface area contributed by atoms with Crippen LogP contribution in [0.3, 0.4) is 0 Å². The van der Waals surface area contributed by atoms with E-state index < -0.39 is 33.7 Å². The Hall–Kier alpha value is -3.04. The number of carbonyl (C=O) groups excluding carboxylic acids is 1. The fraction of sp³-hybridized carbons (Fsp3) is 0.238. The maximum absolute atomic E-state index is 12.8. The molecule has 0 fully saturated rings. The molecule has 0 aliphatic heterocycles. The standard InChI is InChI=1S/C21H21ClN2O6S/c1-30-19-11-10-13(31(28,29)24-17-9-5-4-8-16(17)22)12-18(19)23-20(25)14-6-2-3-7-15(14)21(26)27/h2-5,8-12,14-15,24H,6-7H2,1H3,(H,23,25)(H,26,27). The van der Waals surface area contributed by atoms with Gasteiger partial charge < -0.3 is 15.2 Å². The van der Waals surface area contributed by atoms with Crippen molar-refractivity contribution in [1.29, 1.82) is 0 Å². The van der Waals surface area contributed by atoms with Crippen molar-refractivity contribution in [1.82, 2.24) is 0 Å². The third-order valence-corrected chi connectivity index (χ3v) is 6.64. The molecule has 1 aliphatic rings. The zero-order chi connectivity index (χ0) is 22.6. The maximum atomic E-state index is 12.8. The SMILES string of the molecule is COc1ccc(S(=O)(=O)Nc2ccccc2Cl)cc1NC(=O)C1CC=CCC1C(=O)O. The maximum Gasteiger partial charge on any atom is 0.307 e. The number of nitrogens with one attached hydrogen (secondary N) is 2. The Morgan fingerprint density at radius 2 is 1.74 bits per heavy atom. The average Bonchev–Trinajstić information content (AvgIpc) is 2.75. The third kappa shape index (κ3) is 5.18. The number of anilines is 2. The summed E-state index contributed by atoms with van der Waals surface area (Å²) < 4.78 is 33.3. The van der Waals surface area contributed by atoms with Crippen LogP contribution in [-0.4, -0.2) is 32.5 Å². The third-order valence-electron chi connectivity index (χ3n) is 4.94. The molecule has 0 aromatic heterocycles. The van der Waals surface area contributed by atoms with Gasteiger partial charge >= 0.3 is 5.97 Å². The topological polar surface area (TPSA) is 122 Å². The van der Waals surface area contributed by atoms with Crippen molar-refractivity contribution < 1.29 is 27.9 Å². The van der Waals surface area contributed by atoms with Crippen LogP contribution in [0.4, 0.5) is 11.4 Å². The number of carbonyl (C=O) groups is 2. The number of amides is 1. The van der Waals surface area contributed by atoms with Gasteiger partial charge in [0, 0.05) is 0 Å². The van der Waals surface area contributed by atoms with Crippen LogP contribution < -0.4 is 14.8 Å². The summed E-state index contributed by atoms with van der Waals surface area (Å²) in [6.45, 7) is 0. The highest BCUT2D eigenvalue weighted by Crippen LogP contribution is 2.32. The Morgan fingerprint density at radius 3 is 2.39 bits per heavy atom. The number of halogens is 1. The summed E-state index contributed by atoms with van der Waals surface area (Å²) in [5.74, 6) is -2.98. The van der Waals surface area contributed by atoms with E-state index in [1.54, 1.807) is 30.4 Å². The minimum Gasteiger partial charge on any atom is -0.495 e. The summed E-state index contributed by atoms with van der Waals surface area (Å²) in [4.78, 5) is 24.2. The second-order valence-corrected chi connectivity index (χ2v) is 9.02. The van der Waals surface area contributed by atoms with Crippen LogP contribution >= 0.6 is 11.6 Å². The van der Waals surface area contributed by atoms with E-state index in [0.717, 1.165) is 0 Å². The van der Waals surface area contributed by atoms with Crippen molar-refractivity contribution in [3.63, 3.8) is 0 Å². The Kier molecular flexibility index (Phi) is 6.87. The van der Waals surface area contributed by atoms with E-state index in [2.05, 4.69) is 10.0 Å². The fourth-order valence-corrected chi connectivity index (χ4v) is 4.65. The lowest BCUT2D eigenvalue weighted by Crippen LogP contribution is -2.34. The molecule has 164 valence electrons. The van der Waals surface area contributed by atoms with Crippen LogP contribution in [0, 0.1) is 11.8 Å². The minimum absolute atomic E-state index is 0.119. The van der Waals surface area contributed by atoms with E-state index in [9.17, 15) is 23.1 Å². The summed E-state index contributed by atoms with van der Waals surface area (Å²) in [5, 5.41) is 12.3. The van der Waals surface area contributed by atoms with Crippen LogP contribution in [0.1, 0.15) is 12.8 Å². The first kappa shape index (κ1) is 22.6. The normalized spacial score (nSPS) is 18.3. The van der Waals surface area contributed by atoms with Gasteiger partial charge in [-0.05, 0) is 43.2 Å². The van der Waals surface area contributed by atoms with E-state index in [1.807, 2.05) is 0 Å². The molecule has 0 bridgehead atoms. The van der Waals surface area contributed by atoms with Gasteiger partial charge in [-0.15, -0.1) is 0 Å². The first-order valence-electron chi connectivity index (χ1n) is 9.37. The quantitative estimate of drug-likeness (QED) is 0.536. The van der Waals surface area contributed by atoms with Crippen LogP contribution in [-0.2, 0) is 19.6 Å². The molecule has 31 heavy (non-hydrogen) atoms. The molecule has 0 saturated carbocycles. The largest absolute Gasteiger partial charge is 0.495 e. The smallest absolute Gasteiger partial charge is 0.307 e. The molecule has 0 saturated heterocycles. The van der Waals surface area contributed by atoms with Gasteiger partial charge in [0.1, 0.15) is 5.75 Å². The van der Waals surface area contributed by atoms with E-state index in [4.69, 9.17) is 16.3 Å². The van der Waals surface area contributed by atoms with Gasteiger partial charge in [-0.1, -0.05) is 35.9 Å². The van der Waals surface area contributed by atoms with Crippen LogP contribution in [0.15, 0.2) is 59.5 Å². The molecule has 0 heterocycles. The van der Waals surface area contributed by atoms with Crippen molar-refractivity contribution in [3.8, 4) is 5.75 Å². The van der Waals surface area contributed by atoms with Gasteiger partial charge in [-0.3, -0.25) is 14.3 Å². The Balaban J connectivity index is 1.88. The average molecular weight is 465 g/mol. The molecule has 10 heteroatoms. The van der Waals surface area contributed by atoms with Gasteiger partial charge in [0.15, 0.2) is 0 Å². The van der Waals surface area contributed by atoms with E-state index in [1.165, 1.54) is 31.4 Å².